The average Bonchev–Trinajstić information content (AvgIpc) is 2.23. The Labute approximate surface area is 101 Å². The zero-order valence-electron chi connectivity index (χ0n) is 10.3. The summed E-state index contributed by atoms with van der Waals surface area (Å²) in [6, 6.07) is 3.14. The fourth-order valence-electron chi connectivity index (χ4n) is 1.64. The minimum absolute atomic E-state index is 0.272. The second kappa shape index (κ2) is 6.07. The van der Waals surface area contributed by atoms with E-state index < -0.39 is 17.2 Å². The molecule has 0 spiro atoms. The summed E-state index contributed by atoms with van der Waals surface area (Å²) in [6.45, 7) is 5.09. The van der Waals surface area contributed by atoms with E-state index >= 15 is 0 Å². The van der Waals surface area contributed by atoms with E-state index in [1.54, 1.807) is 6.92 Å². The van der Waals surface area contributed by atoms with Gasteiger partial charge < -0.3 is 10.4 Å². The van der Waals surface area contributed by atoms with Gasteiger partial charge in [0.15, 0.2) is 0 Å². The molecular weight excluding hydrogens is 224 g/mol. The number of aliphatic hydroxyl groups is 1. The molecular formula is C13H19F2NO. The Balaban J connectivity index is 2.67. The molecule has 1 rings (SSSR count). The van der Waals surface area contributed by atoms with Crippen LogP contribution in [0.15, 0.2) is 18.2 Å². The summed E-state index contributed by atoms with van der Waals surface area (Å²) in [7, 11) is 0. The van der Waals surface area contributed by atoms with Gasteiger partial charge in [-0.1, -0.05) is 6.92 Å². The zero-order chi connectivity index (χ0) is 12.9. The van der Waals surface area contributed by atoms with Crippen molar-refractivity contribution in [3.63, 3.8) is 0 Å². The lowest BCUT2D eigenvalue weighted by atomic mass is 9.92. The number of nitrogens with one attached hydrogen (secondary N) is 1. The van der Waals surface area contributed by atoms with Crippen LogP contribution in [0.1, 0.15) is 32.3 Å². The smallest absolute Gasteiger partial charge is 0.126 e. The van der Waals surface area contributed by atoms with Gasteiger partial charge in [0.2, 0.25) is 0 Å². The SMILES string of the molecule is CCCNCCC(C)(O)c1cc(F)cc(F)c1. The second-order valence-electron chi connectivity index (χ2n) is 4.43. The second-order valence-corrected chi connectivity index (χ2v) is 4.43. The van der Waals surface area contributed by atoms with Crippen molar-refractivity contribution in [2.24, 2.45) is 0 Å². The fourth-order valence-corrected chi connectivity index (χ4v) is 1.64. The van der Waals surface area contributed by atoms with Crippen LogP contribution in [0, 0.1) is 11.6 Å². The summed E-state index contributed by atoms with van der Waals surface area (Å²) in [5, 5.41) is 13.3. The van der Waals surface area contributed by atoms with Gasteiger partial charge in [-0.2, -0.15) is 0 Å². The third kappa shape index (κ3) is 4.40. The van der Waals surface area contributed by atoms with Gasteiger partial charge in [-0.05, 0) is 50.6 Å². The van der Waals surface area contributed by atoms with Crippen LogP contribution in [0.4, 0.5) is 8.78 Å². The van der Waals surface area contributed by atoms with Gasteiger partial charge in [0.25, 0.3) is 0 Å². The molecule has 4 heteroatoms. The standard InChI is InChI=1S/C13H19F2NO/c1-3-5-16-6-4-13(2,17)10-7-11(14)9-12(15)8-10/h7-9,16-17H,3-6H2,1-2H3. The minimum atomic E-state index is -1.22. The third-order valence-electron chi connectivity index (χ3n) is 2.70. The third-order valence-corrected chi connectivity index (χ3v) is 2.70. The van der Waals surface area contributed by atoms with Gasteiger partial charge in [-0.15, -0.1) is 0 Å². The maximum Gasteiger partial charge on any atom is 0.126 e. The maximum atomic E-state index is 13.0. The van der Waals surface area contributed by atoms with Crippen LogP contribution in [-0.2, 0) is 5.60 Å². The summed E-state index contributed by atoms with van der Waals surface area (Å²) >= 11 is 0. The predicted octanol–water partition coefficient (Wildman–Crippen LogP) is 2.56. The Morgan fingerprint density at radius 2 is 1.76 bits per heavy atom. The van der Waals surface area contributed by atoms with Crippen LogP contribution >= 0.6 is 0 Å². The largest absolute Gasteiger partial charge is 0.385 e. The first-order valence-electron chi connectivity index (χ1n) is 5.85. The molecule has 2 N–H and O–H groups in total. The molecule has 0 aliphatic rings. The molecule has 0 bridgehead atoms. The zero-order valence-corrected chi connectivity index (χ0v) is 10.3. The lowest BCUT2D eigenvalue weighted by Crippen LogP contribution is -2.28. The average molecular weight is 243 g/mol. The van der Waals surface area contributed by atoms with Crippen LogP contribution in [0.3, 0.4) is 0 Å². The first-order chi connectivity index (χ1) is 7.95. The highest BCUT2D eigenvalue weighted by Crippen LogP contribution is 2.25. The summed E-state index contributed by atoms with van der Waals surface area (Å²) in [6.07, 6.45) is 1.42. The van der Waals surface area contributed by atoms with Crippen LogP contribution in [0.5, 0.6) is 0 Å². The van der Waals surface area contributed by atoms with Crippen LogP contribution in [-0.4, -0.2) is 18.2 Å². The van der Waals surface area contributed by atoms with Crippen LogP contribution < -0.4 is 5.32 Å². The Morgan fingerprint density at radius 3 is 2.29 bits per heavy atom. The van der Waals surface area contributed by atoms with E-state index in [1.807, 2.05) is 6.92 Å². The lowest BCUT2D eigenvalue weighted by Gasteiger charge is -2.24. The first-order valence-corrected chi connectivity index (χ1v) is 5.85. The quantitative estimate of drug-likeness (QED) is 0.753. The molecule has 17 heavy (non-hydrogen) atoms. The molecule has 0 amide bonds. The van der Waals surface area contributed by atoms with E-state index in [0.717, 1.165) is 19.0 Å². The van der Waals surface area contributed by atoms with Gasteiger partial charge in [-0.25, -0.2) is 8.78 Å². The summed E-state index contributed by atoms with van der Waals surface area (Å²) < 4.78 is 26.1. The van der Waals surface area contributed by atoms with Gasteiger partial charge in [0, 0.05) is 6.07 Å². The summed E-state index contributed by atoms with van der Waals surface area (Å²) in [5.41, 5.74) is -0.947. The number of halogens is 2. The first kappa shape index (κ1) is 14.1. The normalized spacial score (nSPS) is 14.6. The van der Waals surface area contributed by atoms with E-state index in [4.69, 9.17) is 0 Å². The molecule has 1 atom stereocenters. The van der Waals surface area contributed by atoms with Gasteiger partial charge in [-0.3, -0.25) is 0 Å². The van der Waals surface area contributed by atoms with Crippen molar-refractivity contribution >= 4 is 0 Å². The van der Waals surface area contributed by atoms with E-state index in [-0.39, 0.29) is 5.56 Å². The van der Waals surface area contributed by atoms with Gasteiger partial charge in [0.05, 0.1) is 5.60 Å². The molecule has 0 heterocycles. The highest BCUT2D eigenvalue weighted by molar-refractivity contribution is 5.23. The van der Waals surface area contributed by atoms with Crippen LogP contribution in [0.2, 0.25) is 0 Å². The number of benzene rings is 1. The van der Waals surface area contributed by atoms with Crippen molar-refractivity contribution in [3.05, 3.63) is 35.4 Å². The Bertz CT molecular complexity index is 346. The highest BCUT2D eigenvalue weighted by Gasteiger charge is 2.23. The number of hydrogen-bond donors (Lipinski definition) is 2. The van der Waals surface area contributed by atoms with E-state index in [0.29, 0.717) is 13.0 Å². The van der Waals surface area contributed by atoms with Crippen molar-refractivity contribution in [1.29, 1.82) is 0 Å². The molecule has 1 unspecified atom stereocenters. The predicted molar refractivity (Wildman–Crippen MR) is 63.7 cm³/mol. The van der Waals surface area contributed by atoms with Crippen molar-refractivity contribution in [3.8, 4) is 0 Å². The fraction of sp³-hybridized carbons (Fsp3) is 0.538. The molecule has 0 aliphatic heterocycles. The van der Waals surface area contributed by atoms with E-state index in [2.05, 4.69) is 5.32 Å². The van der Waals surface area contributed by atoms with Crippen molar-refractivity contribution in [2.75, 3.05) is 13.1 Å². The molecule has 1 aromatic rings. The minimum Gasteiger partial charge on any atom is -0.385 e. The van der Waals surface area contributed by atoms with Crippen LogP contribution in [0.25, 0.3) is 0 Å². The maximum absolute atomic E-state index is 13.0. The van der Waals surface area contributed by atoms with E-state index in [1.165, 1.54) is 12.1 Å². The number of rotatable bonds is 6. The molecule has 0 saturated heterocycles. The topological polar surface area (TPSA) is 32.3 Å². The molecule has 0 radical (unpaired) electrons. The monoisotopic (exact) mass is 243 g/mol. The molecule has 0 aliphatic carbocycles. The summed E-state index contributed by atoms with van der Waals surface area (Å²) in [4.78, 5) is 0. The molecule has 0 fully saturated rings. The Hall–Kier alpha value is -1.00. The molecule has 2 nitrogen and oxygen atoms in total. The highest BCUT2D eigenvalue weighted by atomic mass is 19.1. The Kier molecular flexibility index (Phi) is 5.02. The Morgan fingerprint density at radius 1 is 1.18 bits per heavy atom. The van der Waals surface area contributed by atoms with Gasteiger partial charge >= 0.3 is 0 Å². The van der Waals surface area contributed by atoms with Crippen molar-refractivity contribution < 1.29 is 13.9 Å². The van der Waals surface area contributed by atoms with Crippen molar-refractivity contribution in [1.82, 2.24) is 5.32 Å². The van der Waals surface area contributed by atoms with Crippen molar-refractivity contribution in [2.45, 2.75) is 32.3 Å². The lowest BCUT2D eigenvalue weighted by molar-refractivity contribution is 0.0474. The van der Waals surface area contributed by atoms with Gasteiger partial charge in [0.1, 0.15) is 11.6 Å². The summed E-state index contributed by atoms with van der Waals surface area (Å²) in [5.74, 6) is -1.33. The van der Waals surface area contributed by atoms with E-state index in [9.17, 15) is 13.9 Å². The molecule has 0 saturated carbocycles. The molecule has 0 aromatic heterocycles. The molecule has 96 valence electrons. The molecule has 1 aromatic carbocycles. The number of hydrogen-bond acceptors (Lipinski definition) is 2.